The van der Waals surface area contributed by atoms with Crippen molar-refractivity contribution in [1.29, 1.82) is 0 Å². The lowest BCUT2D eigenvalue weighted by Crippen LogP contribution is -2.28. The predicted molar refractivity (Wildman–Crippen MR) is 101 cm³/mol. The molecule has 0 amide bonds. The second-order valence-corrected chi connectivity index (χ2v) is 9.60. The highest BCUT2D eigenvalue weighted by Crippen LogP contribution is 2.44. The maximum absolute atomic E-state index is 12.1. The van der Waals surface area contributed by atoms with Crippen LogP contribution in [0.2, 0.25) is 5.15 Å². The zero-order valence-corrected chi connectivity index (χ0v) is 17.2. The summed E-state index contributed by atoms with van der Waals surface area (Å²) >= 11 is 6.09. The topological polar surface area (TPSA) is 105 Å². The van der Waals surface area contributed by atoms with Crippen LogP contribution in [0.25, 0.3) is 11.2 Å². The fraction of sp³-hybridized carbons (Fsp3) is 0.588. The van der Waals surface area contributed by atoms with Crippen LogP contribution in [0.4, 0.5) is 0 Å². The zero-order valence-electron chi connectivity index (χ0n) is 15.6. The molecule has 0 aliphatic carbocycles. The normalized spacial score (nSPS) is 29.7. The van der Waals surface area contributed by atoms with E-state index >= 15 is 0 Å². The van der Waals surface area contributed by atoms with Crippen molar-refractivity contribution in [2.45, 2.75) is 57.5 Å². The van der Waals surface area contributed by atoms with Gasteiger partial charge in [0, 0.05) is 5.41 Å². The standard InChI is InChI=1S/C17H21ClN4O5S/c1-4-6-28(23,24)7-5-10-12-13(27-17(2,3)26-12)16(25-10)22-9-21-11-14(18)19-8-20-15(11)22/h5,7-10,12-13,16H,4,6H2,1-3H3/b7-5+/t10-,12-,13-,16-/m1/s1. The Bertz CT molecular complexity index is 1020. The van der Waals surface area contributed by atoms with Crippen molar-refractivity contribution >= 4 is 32.6 Å². The number of halogens is 1. The molecule has 0 N–H and O–H groups in total. The van der Waals surface area contributed by atoms with Gasteiger partial charge in [0.25, 0.3) is 0 Å². The molecule has 9 nitrogen and oxygen atoms in total. The lowest BCUT2D eigenvalue weighted by atomic mass is 10.1. The number of nitrogens with zero attached hydrogens (tertiary/aromatic N) is 4. The maximum Gasteiger partial charge on any atom is 0.171 e. The van der Waals surface area contributed by atoms with E-state index in [2.05, 4.69) is 15.0 Å². The van der Waals surface area contributed by atoms with E-state index in [0.717, 1.165) is 0 Å². The predicted octanol–water partition coefficient (Wildman–Crippen LogP) is 2.24. The van der Waals surface area contributed by atoms with Crippen LogP contribution in [0.5, 0.6) is 0 Å². The summed E-state index contributed by atoms with van der Waals surface area (Å²) in [5, 5.41) is 1.43. The van der Waals surface area contributed by atoms with Crippen LogP contribution in [-0.2, 0) is 24.0 Å². The molecule has 0 spiro atoms. The Labute approximate surface area is 167 Å². The molecular formula is C17H21ClN4O5S. The first kappa shape index (κ1) is 19.7. The van der Waals surface area contributed by atoms with E-state index in [1.165, 1.54) is 17.8 Å². The van der Waals surface area contributed by atoms with Crippen molar-refractivity contribution in [3.63, 3.8) is 0 Å². The molecule has 4 heterocycles. The Balaban J connectivity index is 1.69. The van der Waals surface area contributed by atoms with Crippen molar-refractivity contribution < 1.29 is 22.6 Å². The number of aromatic nitrogens is 4. The number of sulfone groups is 1. The van der Waals surface area contributed by atoms with Crippen LogP contribution in [0.1, 0.15) is 33.4 Å². The summed E-state index contributed by atoms with van der Waals surface area (Å²) < 4.78 is 44.0. The Kier molecular flexibility index (Phi) is 4.95. The summed E-state index contributed by atoms with van der Waals surface area (Å²) in [7, 11) is -3.30. The SMILES string of the molecule is CCCS(=O)(=O)/C=C/[C@H]1O[C@@H](n2cnc3c(Cl)ncnc32)[C@@H]2OC(C)(C)O[C@@H]21. The number of hydrogen-bond acceptors (Lipinski definition) is 8. The third-order valence-corrected chi connectivity index (χ3v) is 6.44. The Morgan fingerprint density at radius 2 is 2.00 bits per heavy atom. The van der Waals surface area contributed by atoms with Gasteiger partial charge in [0.05, 0.1) is 12.1 Å². The summed E-state index contributed by atoms with van der Waals surface area (Å²) in [6.45, 7) is 5.43. The lowest BCUT2D eigenvalue weighted by Gasteiger charge is -2.23. The van der Waals surface area contributed by atoms with Crippen molar-refractivity contribution in [3.05, 3.63) is 29.3 Å². The van der Waals surface area contributed by atoms with E-state index in [4.69, 9.17) is 25.8 Å². The molecule has 28 heavy (non-hydrogen) atoms. The van der Waals surface area contributed by atoms with Crippen molar-refractivity contribution in [2.75, 3.05) is 5.75 Å². The van der Waals surface area contributed by atoms with Crippen LogP contribution in [0, 0.1) is 0 Å². The van der Waals surface area contributed by atoms with E-state index < -0.39 is 40.2 Å². The number of fused-ring (bicyclic) bond motifs is 2. The smallest absolute Gasteiger partial charge is 0.171 e. The van der Waals surface area contributed by atoms with Gasteiger partial charge < -0.3 is 14.2 Å². The summed E-state index contributed by atoms with van der Waals surface area (Å²) in [6, 6.07) is 0. The molecule has 0 aromatic carbocycles. The second kappa shape index (κ2) is 7.03. The minimum absolute atomic E-state index is 0.0815. The van der Waals surface area contributed by atoms with Gasteiger partial charge in [-0.05, 0) is 26.3 Å². The first-order valence-corrected chi connectivity index (χ1v) is 11.1. The van der Waals surface area contributed by atoms with Gasteiger partial charge in [-0.1, -0.05) is 18.5 Å². The molecule has 0 radical (unpaired) electrons. The van der Waals surface area contributed by atoms with Gasteiger partial charge in [0.2, 0.25) is 0 Å². The zero-order chi connectivity index (χ0) is 20.1. The van der Waals surface area contributed by atoms with Gasteiger partial charge in [-0.25, -0.2) is 23.4 Å². The van der Waals surface area contributed by atoms with E-state index in [1.807, 2.05) is 20.8 Å². The largest absolute Gasteiger partial charge is 0.345 e. The molecule has 4 rings (SSSR count). The Morgan fingerprint density at radius 3 is 2.75 bits per heavy atom. The minimum Gasteiger partial charge on any atom is -0.345 e. The van der Waals surface area contributed by atoms with Crippen LogP contribution >= 0.6 is 11.6 Å². The van der Waals surface area contributed by atoms with Gasteiger partial charge in [-0.15, -0.1) is 0 Å². The molecule has 2 aliphatic rings. The summed E-state index contributed by atoms with van der Waals surface area (Å²) in [4.78, 5) is 12.4. The molecule has 0 unspecified atom stereocenters. The molecule has 0 saturated carbocycles. The van der Waals surface area contributed by atoms with Gasteiger partial charge in [0.15, 0.2) is 32.7 Å². The third kappa shape index (κ3) is 3.55. The van der Waals surface area contributed by atoms with Crippen LogP contribution in [0.15, 0.2) is 24.1 Å². The molecule has 11 heteroatoms. The molecule has 0 bridgehead atoms. The Hall–Kier alpha value is -1.59. The molecule has 2 saturated heterocycles. The van der Waals surface area contributed by atoms with Gasteiger partial charge >= 0.3 is 0 Å². The van der Waals surface area contributed by atoms with E-state index in [0.29, 0.717) is 17.6 Å². The molecule has 2 fully saturated rings. The quantitative estimate of drug-likeness (QED) is 0.667. The molecule has 2 aromatic rings. The molecule has 2 aromatic heterocycles. The Morgan fingerprint density at radius 1 is 1.25 bits per heavy atom. The van der Waals surface area contributed by atoms with Crippen LogP contribution in [0.3, 0.4) is 0 Å². The van der Waals surface area contributed by atoms with Gasteiger partial charge in [0.1, 0.15) is 30.2 Å². The van der Waals surface area contributed by atoms with Crippen LogP contribution < -0.4 is 0 Å². The fourth-order valence-corrected chi connectivity index (χ4v) is 4.82. The first-order chi connectivity index (χ1) is 13.2. The monoisotopic (exact) mass is 428 g/mol. The minimum atomic E-state index is -3.30. The van der Waals surface area contributed by atoms with Gasteiger partial charge in [-0.2, -0.15) is 0 Å². The fourth-order valence-electron chi connectivity index (χ4n) is 3.55. The van der Waals surface area contributed by atoms with Gasteiger partial charge in [-0.3, -0.25) is 4.57 Å². The van der Waals surface area contributed by atoms with E-state index in [9.17, 15) is 8.42 Å². The highest BCUT2D eigenvalue weighted by atomic mass is 35.5. The molecular weight excluding hydrogens is 408 g/mol. The maximum atomic E-state index is 12.1. The number of rotatable bonds is 5. The summed E-state index contributed by atoms with van der Waals surface area (Å²) in [6.07, 6.45) is 2.83. The van der Waals surface area contributed by atoms with E-state index in [1.54, 1.807) is 10.9 Å². The summed E-state index contributed by atoms with van der Waals surface area (Å²) in [5.41, 5.74) is 0.951. The third-order valence-electron chi connectivity index (χ3n) is 4.62. The average molecular weight is 429 g/mol. The van der Waals surface area contributed by atoms with Crippen molar-refractivity contribution in [3.8, 4) is 0 Å². The molecule has 152 valence electrons. The van der Waals surface area contributed by atoms with Crippen molar-refractivity contribution in [1.82, 2.24) is 19.5 Å². The number of ether oxygens (including phenoxy) is 3. The highest BCUT2D eigenvalue weighted by Gasteiger charge is 2.55. The van der Waals surface area contributed by atoms with E-state index in [-0.39, 0.29) is 10.9 Å². The first-order valence-electron chi connectivity index (χ1n) is 8.96. The number of hydrogen-bond donors (Lipinski definition) is 0. The molecule has 2 aliphatic heterocycles. The molecule has 4 atom stereocenters. The van der Waals surface area contributed by atoms with Crippen molar-refractivity contribution in [2.24, 2.45) is 0 Å². The summed E-state index contributed by atoms with van der Waals surface area (Å²) in [5.74, 6) is -0.743. The second-order valence-electron chi connectivity index (χ2n) is 7.24. The van der Waals surface area contributed by atoms with Crippen LogP contribution in [-0.4, -0.2) is 57.8 Å². The lowest BCUT2D eigenvalue weighted by molar-refractivity contribution is -0.191. The highest BCUT2D eigenvalue weighted by molar-refractivity contribution is 7.94. The average Bonchev–Trinajstić information content (AvgIpc) is 3.25. The number of imidazole rings is 1.